The first-order valence-electron chi connectivity index (χ1n) is 5.07. The maximum absolute atomic E-state index is 11.5. The molecule has 0 heterocycles. The molecule has 0 spiro atoms. The number of rotatable bonds is 4. The summed E-state index contributed by atoms with van der Waals surface area (Å²) in [4.78, 5) is 11.5. The highest BCUT2D eigenvalue weighted by molar-refractivity contribution is 5.82. The summed E-state index contributed by atoms with van der Waals surface area (Å²) in [6, 6.07) is 6.35. The van der Waals surface area contributed by atoms with Gasteiger partial charge in [-0.15, -0.1) is 0 Å². The molecular formula is C11H17N3O2. The summed E-state index contributed by atoms with van der Waals surface area (Å²) in [7, 11) is 1.47. The number of likely N-dealkylation sites (N-methyl/N-ethyl adjacent to an activating group) is 1. The molecule has 1 amide bonds. The van der Waals surface area contributed by atoms with Crippen molar-refractivity contribution in [3.8, 4) is 5.75 Å². The quantitative estimate of drug-likeness (QED) is 0.440. The molecule has 0 saturated heterocycles. The molecule has 1 aromatic rings. The van der Waals surface area contributed by atoms with Crippen molar-refractivity contribution in [1.82, 2.24) is 5.01 Å². The highest BCUT2D eigenvalue weighted by atomic mass is 16.5. The first-order chi connectivity index (χ1) is 7.56. The number of carbonyl (C=O) groups is 1. The summed E-state index contributed by atoms with van der Waals surface area (Å²) >= 11 is 0. The number of hydrogen-bond donors (Lipinski definition) is 2. The van der Waals surface area contributed by atoms with Gasteiger partial charge in [0.2, 0.25) is 0 Å². The number of ether oxygens (including phenoxy) is 1. The van der Waals surface area contributed by atoms with Crippen molar-refractivity contribution < 1.29 is 9.53 Å². The van der Waals surface area contributed by atoms with Gasteiger partial charge in [-0.3, -0.25) is 9.80 Å². The SMILES string of the molecule is CCOc1ccc(C(N)C(=O)N(C)N)cc1. The second-order valence-electron chi connectivity index (χ2n) is 3.43. The lowest BCUT2D eigenvalue weighted by Gasteiger charge is -2.16. The molecule has 0 saturated carbocycles. The van der Waals surface area contributed by atoms with Crippen LogP contribution < -0.4 is 16.3 Å². The van der Waals surface area contributed by atoms with Crippen molar-refractivity contribution in [1.29, 1.82) is 0 Å². The minimum Gasteiger partial charge on any atom is -0.494 e. The van der Waals surface area contributed by atoms with E-state index in [0.717, 1.165) is 10.8 Å². The summed E-state index contributed by atoms with van der Waals surface area (Å²) < 4.78 is 5.29. The Morgan fingerprint density at radius 2 is 2.00 bits per heavy atom. The Bertz CT molecular complexity index is 349. The van der Waals surface area contributed by atoms with Crippen LogP contribution in [0.4, 0.5) is 0 Å². The maximum atomic E-state index is 11.5. The topological polar surface area (TPSA) is 81.6 Å². The predicted molar refractivity (Wildman–Crippen MR) is 61.5 cm³/mol. The van der Waals surface area contributed by atoms with Crippen LogP contribution in [0, 0.1) is 0 Å². The summed E-state index contributed by atoms with van der Waals surface area (Å²) in [5.41, 5.74) is 6.47. The van der Waals surface area contributed by atoms with Gasteiger partial charge in [0.05, 0.1) is 6.61 Å². The molecule has 0 bridgehead atoms. The summed E-state index contributed by atoms with van der Waals surface area (Å²) in [6.45, 7) is 2.52. The Labute approximate surface area is 94.9 Å². The summed E-state index contributed by atoms with van der Waals surface area (Å²) in [5.74, 6) is 5.76. The molecule has 0 radical (unpaired) electrons. The van der Waals surface area contributed by atoms with Crippen molar-refractivity contribution in [3.63, 3.8) is 0 Å². The van der Waals surface area contributed by atoms with E-state index < -0.39 is 6.04 Å². The zero-order valence-electron chi connectivity index (χ0n) is 9.51. The van der Waals surface area contributed by atoms with E-state index in [4.69, 9.17) is 16.3 Å². The van der Waals surface area contributed by atoms with Gasteiger partial charge in [-0.25, -0.2) is 5.84 Å². The number of carbonyl (C=O) groups excluding carboxylic acids is 1. The van der Waals surface area contributed by atoms with Crippen molar-refractivity contribution in [2.24, 2.45) is 11.6 Å². The highest BCUT2D eigenvalue weighted by Gasteiger charge is 2.17. The van der Waals surface area contributed by atoms with Crippen molar-refractivity contribution in [2.45, 2.75) is 13.0 Å². The van der Waals surface area contributed by atoms with Gasteiger partial charge in [0.15, 0.2) is 0 Å². The Morgan fingerprint density at radius 1 is 1.44 bits per heavy atom. The van der Waals surface area contributed by atoms with E-state index in [9.17, 15) is 4.79 Å². The van der Waals surface area contributed by atoms with Gasteiger partial charge >= 0.3 is 0 Å². The van der Waals surface area contributed by atoms with E-state index in [1.807, 2.05) is 6.92 Å². The largest absolute Gasteiger partial charge is 0.494 e. The van der Waals surface area contributed by atoms with Gasteiger partial charge in [-0.2, -0.15) is 0 Å². The van der Waals surface area contributed by atoms with Gasteiger partial charge in [-0.1, -0.05) is 12.1 Å². The Hall–Kier alpha value is -1.59. The number of amides is 1. The van der Waals surface area contributed by atoms with Gasteiger partial charge in [-0.05, 0) is 24.6 Å². The molecule has 4 N–H and O–H groups in total. The second-order valence-corrected chi connectivity index (χ2v) is 3.43. The van der Waals surface area contributed by atoms with Crippen LogP contribution in [0.15, 0.2) is 24.3 Å². The van der Waals surface area contributed by atoms with E-state index >= 15 is 0 Å². The minimum atomic E-state index is -0.731. The van der Waals surface area contributed by atoms with Crippen LogP contribution in [0.3, 0.4) is 0 Å². The Morgan fingerprint density at radius 3 is 2.44 bits per heavy atom. The fourth-order valence-corrected chi connectivity index (χ4v) is 1.30. The molecule has 88 valence electrons. The van der Waals surface area contributed by atoms with Gasteiger partial charge in [0, 0.05) is 7.05 Å². The summed E-state index contributed by atoms with van der Waals surface area (Å²) in [6.07, 6.45) is 0. The summed E-state index contributed by atoms with van der Waals surface area (Å²) in [5, 5.41) is 0.987. The number of nitrogens with zero attached hydrogens (tertiary/aromatic N) is 1. The molecule has 1 unspecified atom stereocenters. The van der Waals surface area contributed by atoms with Crippen LogP contribution in [-0.2, 0) is 4.79 Å². The monoisotopic (exact) mass is 223 g/mol. The van der Waals surface area contributed by atoms with E-state index in [2.05, 4.69) is 0 Å². The van der Waals surface area contributed by atoms with E-state index in [1.54, 1.807) is 24.3 Å². The van der Waals surface area contributed by atoms with E-state index in [1.165, 1.54) is 7.05 Å². The van der Waals surface area contributed by atoms with Crippen molar-refractivity contribution in [2.75, 3.05) is 13.7 Å². The van der Waals surface area contributed by atoms with Crippen LogP contribution in [0.2, 0.25) is 0 Å². The highest BCUT2D eigenvalue weighted by Crippen LogP contribution is 2.17. The van der Waals surface area contributed by atoms with Crippen LogP contribution >= 0.6 is 0 Å². The van der Waals surface area contributed by atoms with Crippen LogP contribution in [0.25, 0.3) is 0 Å². The number of hydrogen-bond acceptors (Lipinski definition) is 4. The van der Waals surface area contributed by atoms with Crippen LogP contribution in [-0.4, -0.2) is 24.6 Å². The molecule has 0 fully saturated rings. The molecule has 16 heavy (non-hydrogen) atoms. The zero-order valence-corrected chi connectivity index (χ0v) is 9.51. The van der Waals surface area contributed by atoms with Gasteiger partial charge in [0.1, 0.15) is 11.8 Å². The van der Waals surface area contributed by atoms with Crippen LogP contribution in [0.1, 0.15) is 18.5 Å². The fourth-order valence-electron chi connectivity index (χ4n) is 1.30. The zero-order chi connectivity index (χ0) is 12.1. The number of benzene rings is 1. The molecule has 1 rings (SSSR count). The maximum Gasteiger partial charge on any atom is 0.257 e. The van der Waals surface area contributed by atoms with E-state index in [0.29, 0.717) is 12.2 Å². The lowest BCUT2D eigenvalue weighted by atomic mass is 10.1. The van der Waals surface area contributed by atoms with Gasteiger partial charge in [0.25, 0.3) is 5.91 Å². The molecule has 0 aromatic heterocycles. The van der Waals surface area contributed by atoms with E-state index in [-0.39, 0.29) is 5.91 Å². The first-order valence-corrected chi connectivity index (χ1v) is 5.07. The third-order valence-corrected chi connectivity index (χ3v) is 2.16. The fraction of sp³-hybridized carbons (Fsp3) is 0.364. The van der Waals surface area contributed by atoms with Crippen molar-refractivity contribution in [3.05, 3.63) is 29.8 Å². The second kappa shape index (κ2) is 5.48. The first kappa shape index (κ1) is 12.5. The Kier molecular flexibility index (Phi) is 4.28. The lowest BCUT2D eigenvalue weighted by molar-refractivity contribution is -0.131. The average Bonchev–Trinajstić information content (AvgIpc) is 2.28. The molecular weight excluding hydrogens is 206 g/mol. The smallest absolute Gasteiger partial charge is 0.257 e. The minimum absolute atomic E-state index is 0.329. The van der Waals surface area contributed by atoms with Crippen LogP contribution in [0.5, 0.6) is 5.75 Å². The van der Waals surface area contributed by atoms with Gasteiger partial charge < -0.3 is 10.5 Å². The standard InChI is InChI=1S/C11H17N3O2/c1-3-16-9-6-4-8(5-7-9)10(12)11(15)14(2)13/h4-7,10H,3,12-13H2,1-2H3. The third-order valence-electron chi connectivity index (χ3n) is 2.16. The molecule has 0 aliphatic carbocycles. The normalized spacial score (nSPS) is 12.0. The number of hydrazine groups is 1. The Balaban J connectivity index is 2.77. The molecule has 1 aromatic carbocycles. The molecule has 5 heteroatoms. The van der Waals surface area contributed by atoms with Crippen molar-refractivity contribution >= 4 is 5.91 Å². The third kappa shape index (κ3) is 2.95. The molecule has 0 aliphatic rings. The molecule has 1 atom stereocenters. The average molecular weight is 223 g/mol. The lowest BCUT2D eigenvalue weighted by Crippen LogP contribution is -2.40. The predicted octanol–water partition coefficient (Wildman–Crippen LogP) is 0.417. The molecule has 5 nitrogen and oxygen atoms in total. The molecule has 0 aliphatic heterocycles. The number of nitrogens with two attached hydrogens (primary N) is 2.